The Kier molecular flexibility index (Phi) is 3.28. The third-order valence-corrected chi connectivity index (χ3v) is 5.61. The van der Waals surface area contributed by atoms with Crippen LogP contribution in [0.15, 0.2) is 42.5 Å². The number of aromatic amines is 1. The molecule has 1 atom stereocenters. The molecule has 2 aliphatic rings. The molecule has 4 heteroatoms. The maximum absolute atomic E-state index is 5.51. The Morgan fingerprint density at radius 1 is 1.08 bits per heavy atom. The summed E-state index contributed by atoms with van der Waals surface area (Å²) in [5.74, 6) is 1.72. The maximum atomic E-state index is 5.51. The van der Waals surface area contributed by atoms with Crippen LogP contribution in [-0.4, -0.2) is 18.3 Å². The predicted octanol–water partition coefficient (Wildman–Crippen LogP) is 3.89. The van der Waals surface area contributed by atoms with E-state index < -0.39 is 0 Å². The summed E-state index contributed by atoms with van der Waals surface area (Å²) >= 11 is 0. The lowest BCUT2D eigenvalue weighted by Gasteiger charge is -2.35. The van der Waals surface area contributed by atoms with Gasteiger partial charge in [0.05, 0.1) is 5.54 Å². The van der Waals surface area contributed by atoms with Crippen LogP contribution in [0.3, 0.4) is 0 Å². The average molecular weight is 334 g/mol. The van der Waals surface area contributed by atoms with E-state index in [-0.39, 0.29) is 5.54 Å². The van der Waals surface area contributed by atoms with Gasteiger partial charge in [0.25, 0.3) is 0 Å². The Labute approximate surface area is 147 Å². The van der Waals surface area contributed by atoms with E-state index in [2.05, 4.69) is 53.6 Å². The summed E-state index contributed by atoms with van der Waals surface area (Å²) in [6, 6.07) is 14.9. The molecule has 0 aliphatic carbocycles. The second-order valence-corrected chi connectivity index (χ2v) is 7.22. The van der Waals surface area contributed by atoms with Gasteiger partial charge in [-0.25, -0.2) is 0 Å². The summed E-state index contributed by atoms with van der Waals surface area (Å²) in [7, 11) is 0. The molecule has 2 aliphatic heterocycles. The molecule has 0 bridgehead atoms. The zero-order valence-electron chi connectivity index (χ0n) is 14.4. The fraction of sp³-hybridized carbons (Fsp3) is 0.333. The van der Waals surface area contributed by atoms with E-state index in [0.29, 0.717) is 6.79 Å². The first-order valence-electron chi connectivity index (χ1n) is 8.97. The van der Waals surface area contributed by atoms with Gasteiger partial charge in [0, 0.05) is 23.1 Å². The summed E-state index contributed by atoms with van der Waals surface area (Å²) in [6.07, 6.45) is 3.11. The minimum atomic E-state index is -0.0387. The molecule has 128 valence electrons. The van der Waals surface area contributed by atoms with Crippen LogP contribution in [-0.2, 0) is 18.4 Å². The Morgan fingerprint density at radius 3 is 2.92 bits per heavy atom. The molecule has 1 aromatic heterocycles. The summed E-state index contributed by atoms with van der Waals surface area (Å²) in [5.41, 5.74) is 5.31. The van der Waals surface area contributed by atoms with Crippen LogP contribution < -0.4 is 14.8 Å². The minimum absolute atomic E-state index is 0.0387. The number of ether oxygens (including phenoxy) is 2. The molecule has 3 aromatic rings. The average Bonchev–Trinajstić information content (AvgIpc) is 3.25. The number of aromatic nitrogens is 1. The zero-order valence-corrected chi connectivity index (χ0v) is 14.4. The van der Waals surface area contributed by atoms with E-state index in [1.54, 1.807) is 0 Å². The lowest BCUT2D eigenvalue weighted by atomic mass is 9.84. The van der Waals surface area contributed by atoms with Crippen LogP contribution in [0.2, 0.25) is 0 Å². The lowest BCUT2D eigenvalue weighted by Crippen LogP contribution is -2.45. The Balaban J connectivity index is 1.44. The van der Waals surface area contributed by atoms with Gasteiger partial charge in [-0.15, -0.1) is 0 Å². The molecule has 0 unspecified atom stereocenters. The molecular formula is C21H22N2O2. The van der Waals surface area contributed by atoms with E-state index in [1.807, 2.05) is 6.07 Å². The van der Waals surface area contributed by atoms with Crippen LogP contribution in [0.5, 0.6) is 11.5 Å². The molecule has 5 rings (SSSR count). The van der Waals surface area contributed by atoms with Crippen molar-refractivity contribution < 1.29 is 9.47 Å². The molecule has 0 fully saturated rings. The molecule has 4 nitrogen and oxygen atoms in total. The molecule has 0 spiro atoms. The third-order valence-electron chi connectivity index (χ3n) is 5.61. The molecule has 0 amide bonds. The fourth-order valence-corrected chi connectivity index (χ4v) is 4.19. The number of para-hydroxylation sites is 1. The summed E-state index contributed by atoms with van der Waals surface area (Å²) in [6.45, 7) is 3.66. The topological polar surface area (TPSA) is 46.3 Å². The van der Waals surface area contributed by atoms with Crippen molar-refractivity contribution in [1.29, 1.82) is 0 Å². The van der Waals surface area contributed by atoms with Gasteiger partial charge in [-0.3, -0.25) is 0 Å². The van der Waals surface area contributed by atoms with Gasteiger partial charge >= 0.3 is 0 Å². The minimum Gasteiger partial charge on any atom is -0.454 e. The number of fused-ring (bicyclic) bond motifs is 4. The van der Waals surface area contributed by atoms with Gasteiger partial charge in [-0.2, -0.15) is 0 Å². The van der Waals surface area contributed by atoms with E-state index in [9.17, 15) is 0 Å². The number of H-pyrrole nitrogens is 1. The monoisotopic (exact) mass is 334 g/mol. The van der Waals surface area contributed by atoms with Crippen LogP contribution in [0.25, 0.3) is 10.9 Å². The molecular weight excluding hydrogens is 312 g/mol. The van der Waals surface area contributed by atoms with Crippen LogP contribution in [0.4, 0.5) is 0 Å². The SMILES string of the molecule is C[C@@]1(CCc2ccc3c(c2)OCO3)NCCc2c1[nH]c1ccccc21. The summed E-state index contributed by atoms with van der Waals surface area (Å²) in [4.78, 5) is 3.68. The van der Waals surface area contributed by atoms with Crippen molar-refractivity contribution in [2.75, 3.05) is 13.3 Å². The lowest BCUT2D eigenvalue weighted by molar-refractivity contribution is 0.174. The molecule has 3 heterocycles. The van der Waals surface area contributed by atoms with Crippen LogP contribution in [0, 0.1) is 0 Å². The van der Waals surface area contributed by atoms with Gasteiger partial charge in [-0.1, -0.05) is 24.3 Å². The zero-order chi connectivity index (χ0) is 16.9. The van der Waals surface area contributed by atoms with Crippen molar-refractivity contribution >= 4 is 10.9 Å². The largest absolute Gasteiger partial charge is 0.454 e. The summed E-state index contributed by atoms with van der Waals surface area (Å²) < 4.78 is 10.9. The van der Waals surface area contributed by atoms with Gasteiger partial charge in [0.1, 0.15) is 0 Å². The maximum Gasteiger partial charge on any atom is 0.231 e. The molecule has 0 radical (unpaired) electrons. The number of benzene rings is 2. The van der Waals surface area contributed by atoms with E-state index >= 15 is 0 Å². The second kappa shape index (κ2) is 5.53. The molecule has 25 heavy (non-hydrogen) atoms. The van der Waals surface area contributed by atoms with Gasteiger partial charge in [-0.05, 0) is 55.5 Å². The number of nitrogens with one attached hydrogen (secondary N) is 2. The first-order chi connectivity index (χ1) is 12.2. The number of hydrogen-bond donors (Lipinski definition) is 2. The van der Waals surface area contributed by atoms with E-state index in [4.69, 9.17) is 9.47 Å². The van der Waals surface area contributed by atoms with Crippen LogP contribution >= 0.6 is 0 Å². The molecule has 2 aromatic carbocycles. The van der Waals surface area contributed by atoms with Crippen molar-refractivity contribution in [3.05, 3.63) is 59.3 Å². The Bertz CT molecular complexity index is 946. The van der Waals surface area contributed by atoms with Crippen molar-refractivity contribution in [3.8, 4) is 11.5 Å². The Morgan fingerprint density at radius 2 is 1.96 bits per heavy atom. The highest BCUT2D eigenvalue weighted by atomic mass is 16.7. The molecule has 2 N–H and O–H groups in total. The smallest absolute Gasteiger partial charge is 0.231 e. The number of hydrogen-bond acceptors (Lipinski definition) is 3. The van der Waals surface area contributed by atoms with Gasteiger partial charge < -0.3 is 19.8 Å². The van der Waals surface area contributed by atoms with Gasteiger partial charge in [0.15, 0.2) is 11.5 Å². The molecule has 0 saturated carbocycles. The first kappa shape index (κ1) is 14.8. The standard InChI is InChI=1S/C21H22N2O2/c1-21(10-8-14-6-7-18-19(12-14)25-13-24-18)20-16(9-11-22-21)15-4-2-3-5-17(15)23-20/h2-7,12,22-23H,8-11,13H2,1H3/t21-/m0/s1. The van der Waals surface area contributed by atoms with Crippen LogP contribution in [0.1, 0.15) is 30.2 Å². The van der Waals surface area contributed by atoms with Crippen molar-refractivity contribution in [2.45, 2.75) is 31.7 Å². The van der Waals surface area contributed by atoms with Gasteiger partial charge in [0.2, 0.25) is 6.79 Å². The highest BCUT2D eigenvalue weighted by molar-refractivity contribution is 5.85. The van der Waals surface area contributed by atoms with Crippen molar-refractivity contribution in [2.24, 2.45) is 0 Å². The highest BCUT2D eigenvalue weighted by Gasteiger charge is 2.34. The first-order valence-corrected chi connectivity index (χ1v) is 8.97. The number of rotatable bonds is 3. The van der Waals surface area contributed by atoms with Crippen molar-refractivity contribution in [3.63, 3.8) is 0 Å². The Hall–Kier alpha value is -2.46. The third kappa shape index (κ3) is 2.40. The van der Waals surface area contributed by atoms with E-state index in [0.717, 1.165) is 37.3 Å². The second-order valence-electron chi connectivity index (χ2n) is 7.22. The predicted molar refractivity (Wildman–Crippen MR) is 98.2 cm³/mol. The quantitative estimate of drug-likeness (QED) is 0.764. The normalized spacial score (nSPS) is 21.5. The van der Waals surface area contributed by atoms with E-state index in [1.165, 1.54) is 27.7 Å². The molecule has 0 saturated heterocycles. The summed E-state index contributed by atoms with van der Waals surface area (Å²) in [5, 5.41) is 5.12. The highest BCUT2D eigenvalue weighted by Crippen LogP contribution is 2.37. The van der Waals surface area contributed by atoms with Crippen molar-refractivity contribution in [1.82, 2.24) is 10.3 Å². The fourth-order valence-electron chi connectivity index (χ4n) is 4.19. The number of aryl methyl sites for hydroxylation is 1.